The van der Waals surface area contributed by atoms with Crippen LogP contribution in [-0.2, 0) is 19.6 Å². The first-order valence-corrected chi connectivity index (χ1v) is 8.30. The Hall–Kier alpha value is -1.35. The van der Waals surface area contributed by atoms with E-state index >= 15 is 0 Å². The van der Waals surface area contributed by atoms with Crippen molar-refractivity contribution < 1.29 is 27.9 Å². The van der Waals surface area contributed by atoms with Crippen molar-refractivity contribution in [2.45, 2.75) is 32.8 Å². The van der Waals surface area contributed by atoms with E-state index < -0.39 is 39.9 Å². The molecule has 1 fully saturated rings. The molecule has 1 aliphatic rings. The number of hydrogen-bond donors (Lipinski definition) is 1. The van der Waals surface area contributed by atoms with E-state index in [-0.39, 0.29) is 26.2 Å². The standard InChI is InChI=1S/C12H22N2O6S/c1-12(2,3)20-11(17)13-5-7-14(8-6-13)21(18,19)9-4-10(15)16/h4-9H2,1-3H3,(H,15,16). The summed E-state index contributed by atoms with van der Waals surface area (Å²) in [6, 6.07) is 0. The van der Waals surface area contributed by atoms with Gasteiger partial charge in [-0.2, -0.15) is 4.31 Å². The molecule has 0 saturated carbocycles. The molecule has 1 saturated heterocycles. The third-order valence-corrected chi connectivity index (χ3v) is 4.73. The Bertz CT molecular complexity index is 488. The van der Waals surface area contributed by atoms with Crippen molar-refractivity contribution in [3.63, 3.8) is 0 Å². The van der Waals surface area contributed by atoms with Crippen molar-refractivity contribution in [1.29, 1.82) is 0 Å². The Kier molecular flexibility index (Phi) is 5.57. The van der Waals surface area contributed by atoms with Crippen LogP contribution < -0.4 is 0 Å². The minimum Gasteiger partial charge on any atom is -0.481 e. The molecule has 0 radical (unpaired) electrons. The van der Waals surface area contributed by atoms with E-state index in [0.29, 0.717) is 0 Å². The Morgan fingerprint density at radius 1 is 1.14 bits per heavy atom. The van der Waals surface area contributed by atoms with Crippen LogP contribution in [0, 0.1) is 0 Å². The molecule has 0 aromatic heterocycles. The van der Waals surface area contributed by atoms with Crippen LogP contribution in [0.5, 0.6) is 0 Å². The summed E-state index contributed by atoms with van der Waals surface area (Å²) < 4.78 is 30.3. The first-order valence-electron chi connectivity index (χ1n) is 6.69. The summed E-state index contributed by atoms with van der Waals surface area (Å²) in [5.74, 6) is -1.57. The molecule has 0 unspecified atom stereocenters. The predicted octanol–water partition coefficient (Wildman–Crippen LogP) is 0.344. The van der Waals surface area contributed by atoms with Crippen LogP contribution >= 0.6 is 0 Å². The average Bonchev–Trinajstić information content (AvgIpc) is 2.35. The number of hydrogen-bond acceptors (Lipinski definition) is 5. The third kappa shape index (κ3) is 5.88. The smallest absolute Gasteiger partial charge is 0.410 e. The van der Waals surface area contributed by atoms with Gasteiger partial charge >= 0.3 is 12.1 Å². The number of nitrogens with zero attached hydrogens (tertiary/aromatic N) is 2. The summed E-state index contributed by atoms with van der Waals surface area (Å²) in [6.07, 6.45) is -0.890. The molecular formula is C12H22N2O6S. The van der Waals surface area contributed by atoms with Crippen LogP contribution in [0.1, 0.15) is 27.2 Å². The lowest BCUT2D eigenvalue weighted by molar-refractivity contribution is -0.136. The van der Waals surface area contributed by atoms with Crippen molar-refractivity contribution in [1.82, 2.24) is 9.21 Å². The molecule has 1 amide bonds. The number of sulfonamides is 1. The van der Waals surface area contributed by atoms with Crippen LogP contribution in [-0.4, -0.2) is 72.3 Å². The highest BCUT2D eigenvalue weighted by atomic mass is 32.2. The molecule has 1 aliphatic heterocycles. The van der Waals surface area contributed by atoms with Gasteiger partial charge in [0, 0.05) is 26.2 Å². The second-order valence-electron chi connectivity index (χ2n) is 5.83. The van der Waals surface area contributed by atoms with Crippen LogP contribution in [0.15, 0.2) is 0 Å². The van der Waals surface area contributed by atoms with Gasteiger partial charge in [-0.1, -0.05) is 0 Å². The van der Waals surface area contributed by atoms with E-state index in [0.717, 1.165) is 0 Å². The van der Waals surface area contributed by atoms with E-state index in [1.807, 2.05) is 0 Å². The largest absolute Gasteiger partial charge is 0.481 e. The number of amides is 1. The molecule has 9 heteroatoms. The summed E-state index contributed by atoms with van der Waals surface area (Å²) >= 11 is 0. The lowest BCUT2D eigenvalue weighted by Gasteiger charge is -2.34. The number of piperazine rings is 1. The Morgan fingerprint density at radius 2 is 1.67 bits per heavy atom. The van der Waals surface area contributed by atoms with E-state index in [2.05, 4.69) is 0 Å². The van der Waals surface area contributed by atoms with Gasteiger partial charge in [-0.3, -0.25) is 4.79 Å². The molecule has 21 heavy (non-hydrogen) atoms. The highest BCUT2D eigenvalue weighted by Gasteiger charge is 2.31. The minimum atomic E-state index is -3.59. The zero-order valence-corrected chi connectivity index (χ0v) is 13.4. The maximum Gasteiger partial charge on any atom is 0.410 e. The SMILES string of the molecule is CC(C)(C)OC(=O)N1CCN(S(=O)(=O)CCC(=O)O)CC1. The van der Waals surface area contributed by atoms with Gasteiger partial charge in [0.15, 0.2) is 0 Å². The number of carboxylic acid groups (broad SMARTS) is 1. The zero-order chi connectivity index (χ0) is 16.3. The molecule has 122 valence electrons. The van der Waals surface area contributed by atoms with Gasteiger partial charge in [0.05, 0.1) is 12.2 Å². The van der Waals surface area contributed by atoms with E-state index in [1.165, 1.54) is 9.21 Å². The number of rotatable bonds is 4. The molecule has 0 aromatic carbocycles. The van der Waals surface area contributed by atoms with E-state index in [1.54, 1.807) is 20.8 Å². The lowest BCUT2D eigenvalue weighted by Crippen LogP contribution is -2.52. The molecule has 0 bridgehead atoms. The molecule has 1 N–H and O–H groups in total. The van der Waals surface area contributed by atoms with E-state index in [9.17, 15) is 18.0 Å². The summed E-state index contributed by atoms with van der Waals surface area (Å²) in [4.78, 5) is 23.7. The second-order valence-corrected chi connectivity index (χ2v) is 7.91. The normalized spacial score (nSPS) is 17.6. The molecule has 8 nitrogen and oxygen atoms in total. The lowest BCUT2D eigenvalue weighted by atomic mass is 10.2. The van der Waals surface area contributed by atoms with Gasteiger partial charge in [-0.05, 0) is 20.8 Å². The summed E-state index contributed by atoms with van der Waals surface area (Å²) in [6.45, 7) is 6.07. The highest BCUT2D eigenvalue weighted by molar-refractivity contribution is 7.89. The summed E-state index contributed by atoms with van der Waals surface area (Å²) in [5.41, 5.74) is -0.595. The fraction of sp³-hybridized carbons (Fsp3) is 0.833. The van der Waals surface area contributed by atoms with Crippen molar-refractivity contribution in [2.75, 3.05) is 31.9 Å². The van der Waals surface area contributed by atoms with Crippen LogP contribution in [0.3, 0.4) is 0 Å². The average molecular weight is 322 g/mol. The van der Waals surface area contributed by atoms with Gasteiger partial charge < -0.3 is 14.7 Å². The fourth-order valence-corrected chi connectivity index (χ4v) is 3.23. The van der Waals surface area contributed by atoms with Crippen LogP contribution in [0.25, 0.3) is 0 Å². The molecule has 0 aromatic rings. The van der Waals surface area contributed by atoms with E-state index in [4.69, 9.17) is 9.84 Å². The van der Waals surface area contributed by atoms with Crippen molar-refractivity contribution in [3.8, 4) is 0 Å². The van der Waals surface area contributed by atoms with Crippen molar-refractivity contribution in [3.05, 3.63) is 0 Å². The Morgan fingerprint density at radius 3 is 2.10 bits per heavy atom. The van der Waals surface area contributed by atoms with Gasteiger partial charge in [0.25, 0.3) is 0 Å². The van der Waals surface area contributed by atoms with Crippen molar-refractivity contribution >= 4 is 22.1 Å². The summed E-state index contributed by atoms with van der Waals surface area (Å²) in [5, 5.41) is 8.55. The van der Waals surface area contributed by atoms with Gasteiger partial charge in [0.1, 0.15) is 5.60 Å². The van der Waals surface area contributed by atoms with Crippen LogP contribution in [0.2, 0.25) is 0 Å². The molecule has 1 rings (SSSR count). The van der Waals surface area contributed by atoms with Gasteiger partial charge in [0.2, 0.25) is 10.0 Å². The number of carboxylic acids is 1. The second kappa shape index (κ2) is 6.61. The third-order valence-electron chi connectivity index (χ3n) is 2.86. The summed E-state index contributed by atoms with van der Waals surface area (Å²) in [7, 11) is -3.59. The molecule has 0 spiro atoms. The molecular weight excluding hydrogens is 300 g/mol. The quantitative estimate of drug-likeness (QED) is 0.800. The highest BCUT2D eigenvalue weighted by Crippen LogP contribution is 2.14. The first-order chi connectivity index (χ1) is 9.51. The number of carbonyl (C=O) groups is 2. The van der Waals surface area contributed by atoms with Gasteiger partial charge in [-0.15, -0.1) is 0 Å². The first kappa shape index (κ1) is 17.7. The predicted molar refractivity (Wildman–Crippen MR) is 75.4 cm³/mol. The maximum absolute atomic E-state index is 11.9. The van der Waals surface area contributed by atoms with Crippen molar-refractivity contribution in [2.24, 2.45) is 0 Å². The maximum atomic E-state index is 11.9. The number of aliphatic carboxylic acids is 1. The van der Waals surface area contributed by atoms with Gasteiger partial charge in [-0.25, -0.2) is 13.2 Å². The minimum absolute atomic E-state index is 0.154. The monoisotopic (exact) mass is 322 g/mol. The molecule has 1 heterocycles. The molecule has 0 atom stereocenters. The zero-order valence-electron chi connectivity index (χ0n) is 12.5. The topological polar surface area (TPSA) is 104 Å². The number of ether oxygens (including phenoxy) is 1. The fourth-order valence-electron chi connectivity index (χ4n) is 1.82. The van der Waals surface area contributed by atoms with Crippen LogP contribution in [0.4, 0.5) is 4.79 Å². The molecule has 0 aliphatic carbocycles. The Labute approximate surface area is 124 Å². The number of carbonyl (C=O) groups excluding carboxylic acids is 1. The Balaban J connectivity index is 2.52.